The first-order chi connectivity index (χ1) is 9.61. The summed E-state index contributed by atoms with van der Waals surface area (Å²) in [5, 5.41) is 3.18. The molecule has 0 amide bonds. The predicted molar refractivity (Wildman–Crippen MR) is 71.8 cm³/mol. The Morgan fingerprint density at radius 2 is 1.86 bits per heavy atom. The van der Waals surface area contributed by atoms with Crippen molar-refractivity contribution in [2.45, 2.75) is 29.8 Å². The molecular formula is C14H16F3NO2S. The van der Waals surface area contributed by atoms with Gasteiger partial charge in [-0.15, -0.1) is 0 Å². The second-order valence-corrected chi connectivity index (χ2v) is 8.22. The summed E-state index contributed by atoms with van der Waals surface area (Å²) < 4.78 is 62.0. The highest BCUT2D eigenvalue weighted by molar-refractivity contribution is 7.90. The summed E-state index contributed by atoms with van der Waals surface area (Å²) >= 11 is 0. The largest absolute Gasteiger partial charge is 0.416 e. The van der Waals surface area contributed by atoms with Crippen molar-refractivity contribution in [3.63, 3.8) is 0 Å². The lowest BCUT2D eigenvalue weighted by Gasteiger charge is -2.55. The molecule has 1 aliphatic carbocycles. The van der Waals surface area contributed by atoms with E-state index in [2.05, 4.69) is 5.32 Å². The lowest BCUT2D eigenvalue weighted by molar-refractivity contribution is -0.137. The summed E-state index contributed by atoms with van der Waals surface area (Å²) in [5.41, 5.74) is -0.142. The van der Waals surface area contributed by atoms with Gasteiger partial charge in [0, 0.05) is 19.3 Å². The van der Waals surface area contributed by atoms with E-state index in [4.69, 9.17) is 0 Å². The standard InChI is InChI=1S/C14H16F3NO2S/c1-21(19,20)12-4-10(14(15,16)17)2-3-11(12)9-5-13(6-9)7-18-8-13/h2-4,9,18H,5-8H2,1H3. The Balaban J connectivity index is 1.97. The normalized spacial score (nSPS) is 21.9. The molecule has 21 heavy (non-hydrogen) atoms. The smallest absolute Gasteiger partial charge is 0.316 e. The number of halogens is 3. The highest BCUT2D eigenvalue weighted by atomic mass is 32.2. The van der Waals surface area contributed by atoms with Crippen molar-refractivity contribution < 1.29 is 21.6 Å². The molecule has 1 aromatic rings. The van der Waals surface area contributed by atoms with Gasteiger partial charge in [-0.25, -0.2) is 8.42 Å². The second kappa shape index (κ2) is 4.46. The van der Waals surface area contributed by atoms with Gasteiger partial charge >= 0.3 is 6.18 Å². The summed E-state index contributed by atoms with van der Waals surface area (Å²) in [7, 11) is -3.68. The molecule has 3 nitrogen and oxygen atoms in total. The molecule has 0 bridgehead atoms. The van der Waals surface area contributed by atoms with Crippen molar-refractivity contribution >= 4 is 9.84 Å². The van der Waals surface area contributed by atoms with E-state index in [1.807, 2.05) is 0 Å². The first-order valence-electron chi connectivity index (χ1n) is 6.73. The zero-order valence-electron chi connectivity index (χ0n) is 11.5. The summed E-state index contributed by atoms with van der Waals surface area (Å²) in [6.45, 7) is 1.83. The minimum Gasteiger partial charge on any atom is -0.316 e. The van der Waals surface area contributed by atoms with Gasteiger partial charge in [0.2, 0.25) is 0 Å². The molecule has 1 saturated heterocycles. The van der Waals surface area contributed by atoms with Crippen LogP contribution in [0, 0.1) is 5.41 Å². The first-order valence-corrected chi connectivity index (χ1v) is 8.62. The molecule has 2 fully saturated rings. The van der Waals surface area contributed by atoms with Gasteiger partial charge < -0.3 is 5.32 Å². The van der Waals surface area contributed by atoms with Crippen LogP contribution >= 0.6 is 0 Å². The maximum atomic E-state index is 12.8. The Morgan fingerprint density at radius 3 is 2.29 bits per heavy atom. The van der Waals surface area contributed by atoms with Gasteiger partial charge in [0.15, 0.2) is 9.84 Å². The minimum absolute atomic E-state index is 0.0408. The number of nitrogens with one attached hydrogen (secondary N) is 1. The third-order valence-electron chi connectivity index (χ3n) is 4.54. The van der Waals surface area contributed by atoms with Crippen LogP contribution in [0.4, 0.5) is 13.2 Å². The van der Waals surface area contributed by atoms with Crippen molar-refractivity contribution in [2.24, 2.45) is 5.41 Å². The van der Waals surface area contributed by atoms with Crippen molar-refractivity contribution in [2.75, 3.05) is 19.3 Å². The van der Waals surface area contributed by atoms with E-state index in [0.717, 1.165) is 44.3 Å². The Labute approximate surface area is 121 Å². The lowest BCUT2D eigenvalue weighted by atomic mass is 9.57. The third-order valence-corrected chi connectivity index (χ3v) is 5.69. The summed E-state index contributed by atoms with van der Waals surface area (Å²) in [4.78, 5) is -0.176. The summed E-state index contributed by atoms with van der Waals surface area (Å²) in [6.07, 6.45) is -1.89. The summed E-state index contributed by atoms with van der Waals surface area (Å²) in [6, 6.07) is 3.09. The molecule has 1 aliphatic heterocycles. The fourth-order valence-electron chi connectivity index (χ4n) is 3.34. The molecule has 1 saturated carbocycles. The van der Waals surface area contributed by atoms with Gasteiger partial charge in [0.05, 0.1) is 10.5 Å². The van der Waals surface area contributed by atoms with Gasteiger partial charge in [-0.2, -0.15) is 13.2 Å². The zero-order chi connectivity index (χ0) is 15.5. The van der Waals surface area contributed by atoms with E-state index >= 15 is 0 Å². The molecule has 0 unspecified atom stereocenters. The van der Waals surface area contributed by atoms with Crippen LogP contribution in [0.2, 0.25) is 0 Å². The van der Waals surface area contributed by atoms with Crippen LogP contribution in [0.25, 0.3) is 0 Å². The maximum absolute atomic E-state index is 12.8. The van der Waals surface area contributed by atoms with E-state index in [1.165, 1.54) is 6.07 Å². The SMILES string of the molecule is CS(=O)(=O)c1cc(C(F)(F)F)ccc1C1CC2(CNC2)C1. The number of hydrogen-bond donors (Lipinski definition) is 1. The Morgan fingerprint density at radius 1 is 1.24 bits per heavy atom. The van der Waals surface area contributed by atoms with Crippen molar-refractivity contribution in [1.82, 2.24) is 5.32 Å². The lowest BCUT2D eigenvalue weighted by Crippen LogP contribution is -2.59. The van der Waals surface area contributed by atoms with Crippen LogP contribution in [0.5, 0.6) is 0 Å². The quantitative estimate of drug-likeness (QED) is 0.911. The van der Waals surface area contributed by atoms with Gasteiger partial charge in [0.25, 0.3) is 0 Å². The number of benzene rings is 1. The predicted octanol–water partition coefficient (Wildman–Crippen LogP) is 2.58. The average Bonchev–Trinajstić information content (AvgIpc) is 2.22. The Hall–Kier alpha value is -1.08. The van der Waals surface area contributed by atoms with E-state index in [1.54, 1.807) is 0 Å². The molecule has 1 N–H and O–H groups in total. The molecule has 0 radical (unpaired) electrons. The van der Waals surface area contributed by atoms with E-state index < -0.39 is 21.6 Å². The molecule has 116 valence electrons. The van der Waals surface area contributed by atoms with Crippen molar-refractivity contribution in [3.8, 4) is 0 Å². The van der Waals surface area contributed by atoms with Gasteiger partial charge in [-0.1, -0.05) is 6.07 Å². The van der Waals surface area contributed by atoms with Crippen LogP contribution in [-0.2, 0) is 16.0 Å². The van der Waals surface area contributed by atoms with Crippen LogP contribution in [0.3, 0.4) is 0 Å². The minimum atomic E-state index is -4.53. The highest BCUT2D eigenvalue weighted by Gasteiger charge is 2.49. The summed E-state index contributed by atoms with van der Waals surface area (Å²) in [5.74, 6) is 0.0408. The third kappa shape index (κ3) is 2.57. The van der Waals surface area contributed by atoms with Crippen LogP contribution in [0.1, 0.15) is 29.9 Å². The van der Waals surface area contributed by atoms with Crippen LogP contribution in [-0.4, -0.2) is 27.8 Å². The maximum Gasteiger partial charge on any atom is 0.416 e. The topological polar surface area (TPSA) is 46.2 Å². The molecule has 0 atom stereocenters. The Kier molecular flexibility index (Phi) is 3.15. The second-order valence-electron chi connectivity index (χ2n) is 6.23. The molecule has 7 heteroatoms. The monoisotopic (exact) mass is 319 g/mol. The van der Waals surface area contributed by atoms with Crippen LogP contribution in [0.15, 0.2) is 23.1 Å². The van der Waals surface area contributed by atoms with E-state index in [-0.39, 0.29) is 16.2 Å². The molecule has 2 aliphatic rings. The molecule has 1 heterocycles. The first kappa shape index (κ1) is 14.8. The average molecular weight is 319 g/mol. The highest BCUT2D eigenvalue weighted by Crippen LogP contribution is 2.54. The van der Waals surface area contributed by atoms with Crippen molar-refractivity contribution in [1.29, 1.82) is 0 Å². The van der Waals surface area contributed by atoms with Gasteiger partial charge in [0.1, 0.15) is 0 Å². The molecule has 1 spiro atoms. The van der Waals surface area contributed by atoms with Crippen LogP contribution < -0.4 is 5.32 Å². The number of sulfone groups is 1. The van der Waals surface area contributed by atoms with Gasteiger partial charge in [-0.3, -0.25) is 0 Å². The number of alkyl halides is 3. The van der Waals surface area contributed by atoms with E-state index in [9.17, 15) is 21.6 Å². The molecular weight excluding hydrogens is 303 g/mol. The zero-order valence-corrected chi connectivity index (χ0v) is 12.3. The number of hydrogen-bond acceptors (Lipinski definition) is 3. The fraction of sp³-hybridized carbons (Fsp3) is 0.571. The van der Waals surface area contributed by atoms with E-state index in [0.29, 0.717) is 5.56 Å². The van der Waals surface area contributed by atoms with Gasteiger partial charge in [-0.05, 0) is 41.9 Å². The molecule has 1 aromatic carbocycles. The fourth-order valence-corrected chi connectivity index (χ4v) is 4.35. The molecule has 3 rings (SSSR count). The van der Waals surface area contributed by atoms with Crippen molar-refractivity contribution in [3.05, 3.63) is 29.3 Å². The number of rotatable bonds is 2. The Bertz CT molecular complexity index is 670. The molecule has 0 aromatic heterocycles.